The van der Waals surface area contributed by atoms with Crippen LogP contribution in [0.4, 0.5) is 0 Å². The predicted molar refractivity (Wildman–Crippen MR) is 130 cm³/mol. The van der Waals surface area contributed by atoms with Crippen LogP contribution in [0.3, 0.4) is 0 Å². The van der Waals surface area contributed by atoms with E-state index in [0.717, 1.165) is 55.8 Å². The quantitative estimate of drug-likeness (QED) is 0.465. The third-order valence-corrected chi connectivity index (χ3v) is 11.8. The Morgan fingerprint density at radius 1 is 0.839 bits per heavy atom. The number of fused-ring (bicyclic) bond motifs is 5. The van der Waals surface area contributed by atoms with E-state index in [9.17, 15) is 10.2 Å². The van der Waals surface area contributed by atoms with E-state index in [1.807, 2.05) is 0 Å². The molecule has 0 aliphatic heterocycles. The van der Waals surface area contributed by atoms with Crippen LogP contribution >= 0.6 is 0 Å². The van der Waals surface area contributed by atoms with Crippen LogP contribution in [0, 0.1) is 52.3 Å². The number of aliphatic hydroxyl groups is 2. The Labute approximate surface area is 193 Å². The number of hydrogen-bond acceptors (Lipinski definition) is 2. The molecule has 0 amide bonds. The maximum Gasteiger partial charge on any atom is 0.0648 e. The van der Waals surface area contributed by atoms with Gasteiger partial charge < -0.3 is 10.2 Å². The van der Waals surface area contributed by atoms with Crippen LogP contribution < -0.4 is 0 Å². The van der Waals surface area contributed by atoms with Gasteiger partial charge in [0, 0.05) is 0 Å². The number of aliphatic hydroxyl groups excluding tert-OH is 1. The van der Waals surface area contributed by atoms with Gasteiger partial charge in [-0.05, 0) is 129 Å². The molecule has 0 heterocycles. The van der Waals surface area contributed by atoms with Gasteiger partial charge in [0.1, 0.15) is 0 Å². The summed E-state index contributed by atoms with van der Waals surface area (Å²) in [6, 6.07) is 0. The van der Waals surface area contributed by atoms with Crippen molar-refractivity contribution in [3.63, 3.8) is 0 Å². The van der Waals surface area contributed by atoms with Crippen molar-refractivity contribution < 1.29 is 10.2 Å². The molecule has 0 bridgehead atoms. The lowest BCUT2D eigenvalue weighted by atomic mass is 9.43. The van der Waals surface area contributed by atoms with Crippen LogP contribution in [0.25, 0.3) is 0 Å². The largest absolute Gasteiger partial charge is 0.393 e. The summed E-state index contributed by atoms with van der Waals surface area (Å²) in [6.07, 6.45) is 14.4. The molecule has 4 saturated carbocycles. The number of hydrogen-bond donors (Lipinski definition) is 2. The lowest BCUT2D eigenvalue weighted by Crippen LogP contribution is -2.56. The molecule has 0 aromatic carbocycles. The van der Waals surface area contributed by atoms with Gasteiger partial charge in [-0.1, -0.05) is 41.5 Å². The Hall–Kier alpha value is -0.0800. The van der Waals surface area contributed by atoms with E-state index < -0.39 is 0 Å². The van der Waals surface area contributed by atoms with Crippen molar-refractivity contribution in [3.05, 3.63) is 0 Å². The van der Waals surface area contributed by atoms with E-state index in [0.29, 0.717) is 28.6 Å². The minimum Gasteiger partial charge on any atom is -0.393 e. The Balaban J connectivity index is 1.48. The lowest BCUT2D eigenvalue weighted by Gasteiger charge is -2.62. The zero-order chi connectivity index (χ0) is 22.6. The molecule has 2 nitrogen and oxygen atoms in total. The van der Waals surface area contributed by atoms with Crippen molar-refractivity contribution in [1.29, 1.82) is 0 Å². The highest BCUT2D eigenvalue weighted by Crippen LogP contribution is 2.69. The molecule has 0 unspecified atom stereocenters. The van der Waals surface area contributed by atoms with Crippen LogP contribution in [0.15, 0.2) is 0 Å². The topological polar surface area (TPSA) is 40.5 Å². The van der Waals surface area contributed by atoms with Crippen molar-refractivity contribution in [1.82, 2.24) is 0 Å². The summed E-state index contributed by atoms with van der Waals surface area (Å²) in [7, 11) is 0. The SMILES string of the molecule is CC[C@]1(O)CC[C@@]2(C)[C@H](CC[C@@H]3[C@@H]2CC[C@]2(C)[C@@H]([C@H](C)[C@@H](O)CCC(C)C)CC[C@@H]32)C1. The zero-order valence-electron chi connectivity index (χ0n) is 21.5. The highest BCUT2D eigenvalue weighted by molar-refractivity contribution is 5.11. The Kier molecular flexibility index (Phi) is 6.68. The molecule has 4 rings (SSSR count). The van der Waals surface area contributed by atoms with E-state index in [-0.39, 0.29) is 11.7 Å². The second-order valence-electron chi connectivity index (χ2n) is 13.6. The Morgan fingerprint density at radius 2 is 1.55 bits per heavy atom. The molecular formula is C29H52O2. The summed E-state index contributed by atoms with van der Waals surface area (Å²) in [5.41, 5.74) is 0.494. The van der Waals surface area contributed by atoms with E-state index in [4.69, 9.17) is 0 Å². The van der Waals surface area contributed by atoms with Crippen LogP contribution in [0.2, 0.25) is 0 Å². The molecule has 31 heavy (non-hydrogen) atoms. The molecule has 0 saturated heterocycles. The molecule has 2 N–H and O–H groups in total. The summed E-state index contributed by atoms with van der Waals surface area (Å²) in [4.78, 5) is 0. The van der Waals surface area contributed by atoms with Gasteiger partial charge in [-0.3, -0.25) is 0 Å². The van der Waals surface area contributed by atoms with Gasteiger partial charge in [0.25, 0.3) is 0 Å². The second-order valence-corrected chi connectivity index (χ2v) is 13.6. The van der Waals surface area contributed by atoms with Crippen LogP contribution in [-0.4, -0.2) is 21.9 Å². The summed E-state index contributed by atoms with van der Waals surface area (Å²) in [6.45, 7) is 14.3. The van der Waals surface area contributed by atoms with Gasteiger partial charge in [-0.25, -0.2) is 0 Å². The van der Waals surface area contributed by atoms with Crippen molar-refractivity contribution in [2.75, 3.05) is 0 Å². The van der Waals surface area contributed by atoms with Crippen molar-refractivity contribution in [2.45, 2.75) is 130 Å². The summed E-state index contributed by atoms with van der Waals surface area (Å²) >= 11 is 0. The minimum absolute atomic E-state index is 0.126. The van der Waals surface area contributed by atoms with Crippen LogP contribution in [-0.2, 0) is 0 Å². The summed E-state index contributed by atoms with van der Waals surface area (Å²) in [5, 5.41) is 22.0. The van der Waals surface area contributed by atoms with Gasteiger partial charge in [0.05, 0.1) is 11.7 Å². The van der Waals surface area contributed by atoms with Crippen molar-refractivity contribution >= 4 is 0 Å². The van der Waals surface area contributed by atoms with E-state index in [1.54, 1.807) is 0 Å². The van der Waals surface area contributed by atoms with Crippen LogP contribution in [0.5, 0.6) is 0 Å². The average molecular weight is 433 g/mol. The number of rotatable bonds is 6. The molecule has 10 atom stereocenters. The van der Waals surface area contributed by atoms with Crippen LogP contribution in [0.1, 0.15) is 119 Å². The Bertz CT molecular complexity index is 630. The van der Waals surface area contributed by atoms with E-state index >= 15 is 0 Å². The summed E-state index contributed by atoms with van der Waals surface area (Å²) in [5.74, 6) is 5.16. The minimum atomic E-state index is -0.389. The fourth-order valence-corrected chi connectivity index (χ4v) is 9.58. The van der Waals surface area contributed by atoms with Gasteiger partial charge in [0.2, 0.25) is 0 Å². The molecule has 4 aliphatic carbocycles. The maximum absolute atomic E-state index is 11.0. The van der Waals surface area contributed by atoms with Gasteiger partial charge in [-0.2, -0.15) is 0 Å². The van der Waals surface area contributed by atoms with Crippen molar-refractivity contribution in [3.8, 4) is 0 Å². The highest BCUT2D eigenvalue weighted by atomic mass is 16.3. The standard InChI is InChI=1S/C29H52O2/c1-7-29(31)17-16-27(5)21(18-29)9-10-22-24-12-11-23(28(24,6)15-14-25(22)27)20(4)26(30)13-8-19(2)3/h19-26,30-31H,7-18H2,1-6H3/t20-,21+,22-,23+,24-,25-,26-,27-,28+,29-/m0/s1. The summed E-state index contributed by atoms with van der Waals surface area (Å²) < 4.78 is 0. The molecular weight excluding hydrogens is 380 g/mol. The first-order valence-corrected chi connectivity index (χ1v) is 13.9. The van der Waals surface area contributed by atoms with Gasteiger partial charge in [0.15, 0.2) is 0 Å². The maximum atomic E-state index is 11.0. The first-order chi connectivity index (χ1) is 14.5. The van der Waals surface area contributed by atoms with E-state index in [2.05, 4.69) is 41.5 Å². The molecule has 2 heteroatoms. The zero-order valence-corrected chi connectivity index (χ0v) is 21.5. The molecule has 4 aliphatic rings. The van der Waals surface area contributed by atoms with Gasteiger partial charge in [-0.15, -0.1) is 0 Å². The Morgan fingerprint density at radius 3 is 2.23 bits per heavy atom. The molecule has 0 aromatic heterocycles. The molecule has 0 radical (unpaired) electrons. The third kappa shape index (κ3) is 4.05. The average Bonchev–Trinajstić information content (AvgIpc) is 3.09. The second kappa shape index (κ2) is 8.61. The first-order valence-electron chi connectivity index (χ1n) is 13.9. The fraction of sp³-hybridized carbons (Fsp3) is 1.00. The monoisotopic (exact) mass is 432 g/mol. The first kappa shape index (κ1) is 24.1. The van der Waals surface area contributed by atoms with E-state index in [1.165, 1.54) is 44.9 Å². The third-order valence-electron chi connectivity index (χ3n) is 11.8. The highest BCUT2D eigenvalue weighted by Gasteiger charge is 2.61. The lowest BCUT2D eigenvalue weighted by molar-refractivity contribution is -0.154. The molecule has 4 fully saturated rings. The van der Waals surface area contributed by atoms with Crippen molar-refractivity contribution in [2.24, 2.45) is 52.3 Å². The smallest absolute Gasteiger partial charge is 0.0648 e. The normalized spacial score (nSPS) is 49.3. The predicted octanol–water partition coefficient (Wildman–Crippen LogP) is 7.22. The van der Waals surface area contributed by atoms with Gasteiger partial charge >= 0.3 is 0 Å². The molecule has 0 aromatic rings. The molecule has 180 valence electrons. The molecule has 0 spiro atoms. The fourth-order valence-electron chi connectivity index (χ4n) is 9.58.